The number of anilines is 1. The highest BCUT2D eigenvalue weighted by Crippen LogP contribution is 2.22. The van der Waals surface area contributed by atoms with Crippen LogP contribution in [0.5, 0.6) is 0 Å². The minimum absolute atomic E-state index is 0.0535. The summed E-state index contributed by atoms with van der Waals surface area (Å²) in [6.45, 7) is 11.8. The lowest BCUT2D eigenvalue weighted by molar-refractivity contribution is -0.933. The Balaban J connectivity index is 1.70. The van der Waals surface area contributed by atoms with Gasteiger partial charge in [-0.25, -0.2) is 4.39 Å². The van der Waals surface area contributed by atoms with Crippen LogP contribution in [0.15, 0.2) is 41.8 Å². The van der Waals surface area contributed by atoms with Gasteiger partial charge < -0.3 is 15.1 Å². The van der Waals surface area contributed by atoms with Crippen LogP contribution in [0.3, 0.4) is 0 Å². The van der Waals surface area contributed by atoms with Crippen LogP contribution in [0.4, 0.5) is 10.1 Å². The molecule has 1 aliphatic heterocycles. The lowest BCUT2D eigenvalue weighted by Crippen LogP contribution is -3.16. The van der Waals surface area contributed by atoms with Crippen molar-refractivity contribution in [2.24, 2.45) is 5.41 Å². The van der Waals surface area contributed by atoms with Crippen molar-refractivity contribution in [2.75, 3.05) is 31.1 Å². The maximum atomic E-state index is 13.2. The van der Waals surface area contributed by atoms with E-state index in [0.717, 1.165) is 31.9 Å². The molecule has 0 unspecified atom stereocenters. The average Bonchev–Trinajstić information content (AvgIpc) is 3.16. The fourth-order valence-corrected chi connectivity index (χ4v) is 4.78. The number of hydrogen-bond donors (Lipinski definition) is 2. The zero-order valence-corrected chi connectivity index (χ0v) is 18.0. The van der Waals surface area contributed by atoms with Gasteiger partial charge in [-0.15, -0.1) is 11.3 Å². The number of nitrogens with zero attached hydrogens (tertiary/aromatic N) is 1. The highest BCUT2D eigenvalue weighted by Gasteiger charge is 2.35. The van der Waals surface area contributed by atoms with Gasteiger partial charge in [0.1, 0.15) is 11.9 Å². The molecule has 2 aromatic rings. The third-order valence-electron chi connectivity index (χ3n) is 5.43. The minimum Gasteiger partial charge on any atom is -0.360 e. The summed E-state index contributed by atoms with van der Waals surface area (Å²) < 4.78 is 13.2. The third kappa shape index (κ3) is 4.92. The molecular weight excluding hydrogens is 373 g/mol. The molecule has 2 heterocycles. The van der Waals surface area contributed by atoms with Crippen molar-refractivity contribution in [3.8, 4) is 0 Å². The summed E-state index contributed by atoms with van der Waals surface area (Å²) in [5.41, 5.74) is 0.674. The minimum atomic E-state index is -0.398. The maximum absolute atomic E-state index is 13.2. The monoisotopic (exact) mass is 404 g/mol. The molecule has 2 atom stereocenters. The molecule has 0 spiro atoms. The molecule has 3 rings (SSSR count). The first-order chi connectivity index (χ1) is 13.3. The molecule has 152 valence electrons. The number of amides is 1. The number of carbonyl (C=O) groups is 1. The van der Waals surface area contributed by atoms with Crippen LogP contribution in [0.25, 0.3) is 0 Å². The number of rotatable bonds is 5. The first-order valence-electron chi connectivity index (χ1n) is 9.95. The molecule has 28 heavy (non-hydrogen) atoms. The molecule has 0 radical (unpaired) electrons. The number of hydrogen-bond acceptors (Lipinski definition) is 3. The summed E-state index contributed by atoms with van der Waals surface area (Å²) in [7, 11) is 0. The van der Waals surface area contributed by atoms with E-state index >= 15 is 0 Å². The van der Waals surface area contributed by atoms with Crippen LogP contribution in [0.1, 0.15) is 38.6 Å². The summed E-state index contributed by atoms with van der Waals surface area (Å²) in [5.74, 6) is -0.111. The van der Waals surface area contributed by atoms with Crippen LogP contribution in [-0.4, -0.2) is 38.1 Å². The SMILES string of the molecule is C[C@H](NC(=O)C(C)(C)C)[C@@H](c1cccs1)[NH+]1CCN(c2ccc(F)cc2)CC1. The van der Waals surface area contributed by atoms with Gasteiger partial charge >= 0.3 is 0 Å². The molecule has 1 aromatic carbocycles. The Morgan fingerprint density at radius 1 is 1.18 bits per heavy atom. The molecule has 2 N–H and O–H groups in total. The lowest BCUT2D eigenvalue weighted by atomic mass is 9.94. The third-order valence-corrected chi connectivity index (χ3v) is 6.38. The van der Waals surface area contributed by atoms with Gasteiger partial charge in [0.05, 0.1) is 37.1 Å². The standard InChI is InChI=1S/C22H30FN3OS/c1-16(24-21(27)22(2,3)4)20(19-6-5-15-28-19)26-13-11-25(12-14-26)18-9-7-17(23)8-10-18/h5-10,15-16,20H,11-14H2,1-4H3,(H,24,27)/p+1/t16-,20-/m0/s1. The predicted molar refractivity (Wildman–Crippen MR) is 113 cm³/mol. The van der Waals surface area contributed by atoms with Gasteiger partial charge in [-0.2, -0.15) is 0 Å². The summed E-state index contributed by atoms with van der Waals surface area (Å²) in [6.07, 6.45) is 0. The van der Waals surface area contributed by atoms with E-state index in [4.69, 9.17) is 0 Å². The summed E-state index contributed by atoms with van der Waals surface area (Å²) >= 11 is 1.76. The van der Waals surface area contributed by atoms with Crippen molar-refractivity contribution in [2.45, 2.75) is 39.8 Å². The van der Waals surface area contributed by atoms with Crippen LogP contribution in [0, 0.1) is 11.2 Å². The molecule has 0 saturated carbocycles. The van der Waals surface area contributed by atoms with Gasteiger partial charge in [0.15, 0.2) is 0 Å². The molecular formula is C22H31FN3OS+. The van der Waals surface area contributed by atoms with Crippen molar-refractivity contribution < 1.29 is 14.1 Å². The van der Waals surface area contributed by atoms with E-state index in [2.05, 4.69) is 34.7 Å². The molecule has 4 nitrogen and oxygen atoms in total. The smallest absolute Gasteiger partial charge is 0.225 e. The Labute approximate surface area is 171 Å². The second kappa shape index (κ2) is 8.62. The van der Waals surface area contributed by atoms with E-state index in [1.54, 1.807) is 11.3 Å². The molecule has 1 aliphatic rings. The van der Waals surface area contributed by atoms with E-state index in [0.29, 0.717) is 0 Å². The van der Waals surface area contributed by atoms with Crippen LogP contribution >= 0.6 is 11.3 Å². The average molecular weight is 405 g/mol. The van der Waals surface area contributed by atoms with Gasteiger partial charge in [-0.3, -0.25) is 4.79 Å². The van der Waals surface area contributed by atoms with Crippen LogP contribution in [0.2, 0.25) is 0 Å². The summed E-state index contributed by atoms with van der Waals surface area (Å²) in [5, 5.41) is 5.35. The zero-order valence-electron chi connectivity index (χ0n) is 17.2. The van der Waals surface area contributed by atoms with Crippen molar-refractivity contribution in [3.63, 3.8) is 0 Å². The number of benzene rings is 1. The fraction of sp³-hybridized carbons (Fsp3) is 0.500. The fourth-order valence-electron chi connectivity index (χ4n) is 3.79. The Morgan fingerprint density at radius 3 is 2.36 bits per heavy atom. The van der Waals surface area contributed by atoms with Gasteiger partial charge in [0.2, 0.25) is 5.91 Å². The van der Waals surface area contributed by atoms with Crippen molar-refractivity contribution >= 4 is 22.9 Å². The Morgan fingerprint density at radius 2 is 1.82 bits per heavy atom. The quantitative estimate of drug-likeness (QED) is 0.804. The molecule has 6 heteroatoms. The second-order valence-corrected chi connectivity index (χ2v) is 9.61. The second-order valence-electron chi connectivity index (χ2n) is 8.63. The Bertz CT molecular complexity index is 762. The highest BCUT2D eigenvalue weighted by atomic mass is 32.1. The number of thiophene rings is 1. The largest absolute Gasteiger partial charge is 0.360 e. The van der Waals surface area contributed by atoms with Crippen LogP contribution in [-0.2, 0) is 4.79 Å². The van der Waals surface area contributed by atoms with Crippen molar-refractivity contribution in [3.05, 3.63) is 52.5 Å². The normalized spacial score (nSPS) is 18.0. The number of piperazine rings is 1. The predicted octanol–water partition coefficient (Wildman–Crippen LogP) is 2.88. The number of halogens is 1. The van der Waals surface area contributed by atoms with E-state index in [9.17, 15) is 9.18 Å². The van der Waals surface area contributed by atoms with Crippen molar-refractivity contribution in [1.82, 2.24) is 5.32 Å². The van der Waals surface area contributed by atoms with E-state index in [1.807, 2.05) is 32.9 Å². The molecule has 0 aliphatic carbocycles. The Hall–Kier alpha value is -1.92. The first kappa shape index (κ1) is 20.8. The molecule has 1 amide bonds. The van der Waals surface area contributed by atoms with Gasteiger partial charge in [0.25, 0.3) is 0 Å². The molecule has 1 saturated heterocycles. The number of quaternary nitrogens is 1. The van der Waals surface area contributed by atoms with Gasteiger partial charge in [-0.05, 0) is 42.6 Å². The number of nitrogens with one attached hydrogen (secondary N) is 2. The topological polar surface area (TPSA) is 36.8 Å². The number of carbonyl (C=O) groups excluding carboxylic acids is 1. The summed E-state index contributed by atoms with van der Waals surface area (Å²) in [4.78, 5) is 17.7. The first-order valence-corrected chi connectivity index (χ1v) is 10.8. The maximum Gasteiger partial charge on any atom is 0.225 e. The Kier molecular flexibility index (Phi) is 6.40. The zero-order chi connectivity index (χ0) is 20.3. The lowest BCUT2D eigenvalue weighted by Gasteiger charge is -2.39. The van der Waals surface area contributed by atoms with Gasteiger partial charge in [0, 0.05) is 11.1 Å². The van der Waals surface area contributed by atoms with Crippen molar-refractivity contribution in [1.29, 1.82) is 0 Å². The van der Waals surface area contributed by atoms with Gasteiger partial charge in [-0.1, -0.05) is 26.8 Å². The molecule has 1 fully saturated rings. The van der Waals surface area contributed by atoms with Crippen LogP contribution < -0.4 is 15.1 Å². The molecule has 0 bridgehead atoms. The van der Waals surface area contributed by atoms with E-state index < -0.39 is 5.41 Å². The highest BCUT2D eigenvalue weighted by molar-refractivity contribution is 7.10. The molecule has 1 aromatic heterocycles. The van der Waals surface area contributed by atoms with E-state index in [-0.39, 0.29) is 23.8 Å². The van der Waals surface area contributed by atoms with E-state index in [1.165, 1.54) is 21.9 Å². The summed E-state index contributed by atoms with van der Waals surface area (Å²) in [6, 6.07) is 11.3.